The summed E-state index contributed by atoms with van der Waals surface area (Å²) < 4.78 is 36.6. The molecule has 0 fully saturated rings. The second-order valence-corrected chi connectivity index (χ2v) is 8.74. The standard InChI is InChI=1S/C20H25ClN2O5S/c1-6-18(20(24)22-17-10-9-15(27-3)12-19(17)28-4)23(29(5,25)26)14-8-7-13(2)16(21)11-14/h7-12,18H,6H2,1-5H3,(H,22,24)/t18-/m0/s1. The fraction of sp³-hybridized carbons (Fsp3) is 0.350. The summed E-state index contributed by atoms with van der Waals surface area (Å²) in [5, 5.41) is 3.17. The number of hydrogen-bond acceptors (Lipinski definition) is 5. The molecular formula is C20H25ClN2O5S. The average molecular weight is 441 g/mol. The van der Waals surface area contributed by atoms with Crippen molar-refractivity contribution in [3.05, 3.63) is 47.0 Å². The second-order valence-electron chi connectivity index (χ2n) is 6.47. The zero-order valence-corrected chi connectivity index (χ0v) is 18.6. The Balaban J connectivity index is 2.42. The topological polar surface area (TPSA) is 84.9 Å². The largest absolute Gasteiger partial charge is 0.497 e. The van der Waals surface area contributed by atoms with E-state index in [0.29, 0.717) is 27.9 Å². The lowest BCUT2D eigenvalue weighted by atomic mass is 10.1. The lowest BCUT2D eigenvalue weighted by Gasteiger charge is -2.30. The average Bonchev–Trinajstić information content (AvgIpc) is 2.67. The van der Waals surface area contributed by atoms with Crippen molar-refractivity contribution in [2.45, 2.75) is 26.3 Å². The number of rotatable bonds is 8. The minimum Gasteiger partial charge on any atom is -0.497 e. The van der Waals surface area contributed by atoms with Gasteiger partial charge in [0.15, 0.2) is 0 Å². The number of methoxy groups -OCH3 is 2. The van der Waals surface area contributed by atoms with Crippen molar-refractivity contribution in [3.63, 3.8) is 0 Å². The molecule has 2 aromatic rings. The number of nitrogens with one attached hydrogen (secondary N) is 1. The van der Waals surface area contributed by atoms with E-state index in [9.17, 15) is 13.2 Å². The van der Waals surface area contributed by atoms with Crippen LogP contribution in [0.1, 0.15) is 18.9 Å². The van der Waals surface area contributed by atoms with Crippen molar-refractivity contribution in [3.8, 4) is 11.5 Å². The Morgan fingerprint density at radius 1 is 1.17 bits per heavy atom. The van der Waals surface area contributed by atoms with Crippen molar-refractivity contribution in [1.29, 1.82) is 0 Å². The quantitative estimate of drug-likeness (QED) is 0.673. The maximum Gasteiger partial charge on any atom is 0.248 e. The molecule has 7 nitrogen and oxygen atoms in total. The van der Waals surface area contributed by atoms with Crippen LogP contribution in [0.3, 0.4) is 0 Å². The molecule has 0 radical (unpaired) electrons. The number of carbonyl (C=O) groups is 1. The van der Waals surface area contributed by atoms with E-state index < -0.39 is 22.0 Å². The smallest absolute Gasteiger partial charge is 0.248 e. The molecule has 0 aliphatic heterocycles. The van der Waals surface area contributed by atoms with E-state index in [1.54, 1.807) is 43.3 Å². The van der Waals surface area contributed by atoms with Crippen LogP contribution in [0, 0.1) is 6.92 Å². The van der Waals surface area contributed by atoms with Gasteiger partial charge in [-0.3, -0.25) is 9.10 Å². The van der Waals surface area contributed by atoms with E-state index >= 15 is 0 Å². The van der Waals surface area contributed by atoms with Gasteiger partial charge in [-0.2, -0.15) is 0 Å². The number of aryl methyl sites for hydroxylation is 1. The first kappa shape index (κ1) is 22.8. The third-order valence-electron chi connectivity index (χ3n) is 4.41. The van der Waals surface area contributed by atoms with Gasteiger partial charge in [-0.05, 0) is 43.2 Å². The first-order valence-corrected chi connectivity index (χ1v) is 11.1. The highest BCUT2D eigenvalue weighted by molar-refractivity contribution is 7.92. The number of ether oxygens (including phenoxy) is 2. The normalized spacial score (nSPS) is 12.2. The first-order valence-electron chi connectivity index (χ1n) is 8.90. The maximum absolute atomic E-state index is 13.0. The highest BCUT2D eigenvalue weighted by Gasteiger charge is 2.32. The third-order valence-corrected chi connectivity index (χ3v) is 5.99. The molecule has 0 aliphatic rings. The third kappa shape index (κ3) is 5.33. The summed E-state index contributed by atoms with van der Waals surface area (Å²) >= 11 is 6.18. The Morgan fingerprint density at radius 3 is 2.38 bits per heavy atom. The van der Waals surface area contributed by atoms with Crippen LogP contribution in [-0.4, -0.2) is 40.8 Å². The van der Waals surface area contributed by atoms with Crippen molar-refractivity contribution in [2.75, 3.05) is 30.1 Å². The molecule has 2 aromatic carbocycles. The molecule has 0 aliphatic carbocycles. The summed E-state index contributed by atoms with van der Waals surface area (Å²) in [5.41, 5.74) is 1.54. The van der Waals surface area contributed by atoms with Gasteiger partial charge in [-0.1, -0.05) is 24.6 Å². The molecule has 0 aromatic heterocycles. The van der Waals surface area contributed by atoms with E-state index in [4.69, 9.17) is 21.1 Å². The van der Waals surface area contributed by atoms with Gasteiger partial charge in [0.1, 0.15) is 17.5 Å². The number of sulfonamides is 1. The molecule has 158 valence electrons. The lowest BCUT2D eigenvalue weighted by molar-refractivity contribution is -0.117. The minimum atomic E-state index is -3.76. The summed E-state index contributed by atoms with van der Waals surface area (Å²) in [6, 6.07) is 8.85. The molecule has 0 saturated carbocycles. The van der Waals surface area contributed by atoms with Gasteiger partial charge in [-0.15, -0.1) is 0 Å². The Bertz CT molecular complexity index is 994. The number of anilines is 2. The number of nitrogens with zero attached hydrogens (tertiary/aromatic N) is 1. The number of halogens is 1. The van der Waals surface area contributed by atoms with E-state index in [1.807, 2.05) is 6.92 Å². The predicted molar refractivity (Wildman–Crippen MR) is 116 cm³/mol. The zero-order chi connectivity index (χ0) is 21.8. The summed E-state index contributed by atoms with van der Waals surface area (Å²) in [7, 11) is -0.764. The summed E-state index contributed by atoms with van der Waals surface area (Å²) in [5.74, 6) is 0.480. The highest BCUT2D eigenvalue weighted by Crippen LogP contribution is 2.31. The fourth-order valence-corrected chi connectivity index (χ4v) is 4.28. The predicted octanol–water partition coefficient (Wildman–Crippen LogP) is 3.85. The number of carbonyl (C=O) groups excluding carboxylic acids is 1. The molecule has 1 amide bonds. The summed E-state index contributed by atoms with van der Waals surface area (Å²) in [6.45, 7) is 3.56. The van der Waals surface area contributed by atoms with Crippen LogP contribution >= 0.6 is 11.6 Å². The molecule has 9 heteroatoms. The van der Waals surface area contributed by atoms with Gasteiger partial charge < -0.3 is 14.8 Å². The van der Waals surface area contributed by atoms with Gasteiger partial charge in [-0.25, -0.2) is 8.42 Å². The van der Waals surface area contributed by atoms with Crippen LogP contribution in [-0.2, 0) is 14.8 Å². The van der Waals surface area contributed by atoms with Gasteiger partial charge in [0, 0.05) is 11.1 Å². The van der Waals surface area contributed by atoms with Crippen LogP contribution in [0.2, 0.25) is 5.02 Å². The number of benzene rings is 2. The molecule has 2 rings (SSSR count). The summed E-state index contributed by atoms with van der Waals surface area (Å²) in [6.07, 6.45) is 1.31. The van der Waals surface area contributed by atoms with Crippen LogP contribution < -0.4 is 19.1 Å². The number of hydrogen-bond donors (Lipinski definition) is 1. The Kier molecular flexibility index (Phi) is 7.37. The second kappa shape index (κ2) is 9.37. The van der Waals surface area contributed by atoms with E-state index in [0.717, 1.165) is 16.1 Å². The number of amides is 1. The van der Waals surface area contributed by atoms with Gasteiger partial charge in [0.2, 0.25) is 15.9 Å². The molecule has 0 spiro atoms. The Morgan fingerprint density at radius 2 is 1.86 bits per heavy atom. The van der Waals surface area contributed by atoms with Gasteiger partial charge in [0.25, 0.3) is 0 Å². The van der Waals surface area contributed by atoms with E-state index in [2.05, 4.69) is 5.32 Å². The monoisotopic (exact) mass is 440 g/mol. The fourth-order valence-electron chi connectivity index (χ4n) is 2.90. The summed E-state index contributed by atoms with van der Waals surface area (Å²) in [4.78, 5) is 13.0. The zero-order valence-electron chi connectivity index (χ0n) is 17.0. The van der Waals surface area contributed by atoms with Crippen LogP contribution in [0.5, 0.6) is 11.5 Å². The highest BCUT2D eigenvalue weighted by atomic mass is 35.5. The maximum atomic E-state index is 13.0. The van der Waals surface area contributed by atoms with Crippen molar-refractivity contribution in [1.82, 2.24) is 0 Å². The molecular weight excluding hydrogens is 416 g/mol. The van der Waals surface area contributed by atoms with E-state index in [1.165, 1.54) is 14.2 Å². The van der Waals surface area contributed by atoms with Crippen LogP contribution in [0.15, 0.2) is 36.4 Å². The molecule has 1 atom stereocenters. The molecule has 0 unspecified atom stereocenters. The van der Waals surface area contributed by atoms with Crippen molar-refractivity contribution < 1.29 is 22.7 Å². The minimum absolute atomic E-state index is 0.253. The molecule has 29 heavy (non-hydrogen) atoms. The van der Waals surface area contributed by atoms with Gasteiger partial charge in [0.05, 0.1) is 31.9 Å². The van der Waals surface area contributed by atoms with Crippen LogP contribution in [0.4, 0.5) is 11.4 Å². The Hall–Kier alpha value is -2.45. The molecule has 1 N–H and O–H groups in total. The van der Waals surface area contributed by atoms with Crippen molar-refractivity contribution in [2.24, 2.45) is 0 Å². The lowest BCUT2D eigenvalue weighted by Crippen LogP contribution is -2.47. The van der Waals surface area contributed by atoms with Crippen molar-refractivity contribution >= 4 is 38.9 Å². The SMILES string of the molecule is CC[C@@H](C(=O)Nc1ccc(OC)cc1OC)N(c1ccc(C)c(Cl)c1)S(C)(=O)=O. The molecule has 0 saturated heterocycles. The first-order chi connectivity index (χ1) is 13.6. The molecule has 0 bridgehead atoms. The van der Waals surface area contributed by atoms with Gasteiger partial charge >= 0.3 is 0 Å². The van der Waals surface area contributed by atoms with E-state index in [-0.39, 0.29) is 6.42 Å². The van der Waals surface area contributed by atoms with Crippen LogP contribution in [0.25, 0.3) is 0 Å². The molecule has 0 heterocycles. The Labute approximate surface area is 176 Å².